The average Bonchev–Trinajstić information content (AvgIpc) is 2.56. The summed E-state index contributed by atoms with van der Waals surface area (Å²) in [5.74, 6) is 0.917. The molecule has 0 bridgehead atoms. The van der Waals surface area contributed by atoms with Crippen LogP contribution in [0.2, 0.25) is 0 Å². The summed E-state index contributed by atoms with van der Waals surface area (Å²) >= 11 is 0. The topological polar surface area (TPSA) is 12.5 Å². The Kier molecular flexibility index (Phi) is 8.20. The molecule has 1 unspecified atom stereocenters. The standard InChI is InChI=1S/C8H15NO.2C2H6/c1-7-2-3-9(4-7)8-5-10-6-8;2*1-2/h7-8H,2-6H2,1H3;2*1-2H3. The van der Waals surface area contributed by atoms with E-state index in [0.717, 1.165) is 25.2 Å². The fourth-order valence-corrected chi connectivity index (χ4v) is 1.73. The van der Waals surface area contributed by atoms with Gasteiger partial charge in [0.15, 0.2) is 0 Å². The second-order valence-electron chi connectivity index (χ2n) is 3.58. The van der Waals surface area contributed by atoms with Gasteiger partial charge in [-0.05, 0) is 18.9 Å². The van der Waals surface area contributed by atoms with E-state index in [2.05, 4.69) is 11.8 Å². The number of nitrogens with zero attached hydrogens (tertiary/aromatic N) is 1. The zero-order valence-corrected chi connectivity index (χ0v) is 10.5. The van der Waals surface area contributed by atoms with Crippen molar-refractivity contribution in [3.8, 4) is 0 Å². The molecular weight excluding hydrogens is 174 g/mol. The van der Waals surface area contributed by atoms with Gasteiger partial charge in [-0.25, -0.2) is 0 Å². The van der Waals surface area contributed by atoms with Gasteiger partial charge in [0.1, 0.15) is 0 Å². The van der Waals surface area contributed by atoms with E-state index in [0.29, 0.717) is 0 Å². The SMILES string of the molecule is CC.CC.CC1CCN(C2COC2)C1. The molecular formula is C12H27NO. The van der Waals surface area contributed by atoms with Gasteiger partial charge in [0.05, 0.1) is 19.3 Å². The summed E-state index contributed by atoms with van der Waals surface area (Å²) in [6, 6.07) is 0.768. The fourth-order valence-electron chi connectivity index (χ4n) is 1.73. The second-order valence-corrected chi connectivity index (χ2v) is 3.58. The quantitative estimate of drug-likeness (QED) is 0.647. The van der Waals surface area contributed by atoms with Gasteiger partial charge in [0, 0.05) is 6.54 Å². The monoisotopic (exact) mass is 201 g/mol. The van der Waals surface area contributed by atoms with E-state index in [4.69, 9.17) is 4.74 Å². The zero-order valence-electron chi connectivity index (χ0n) is 10.5. The molecule has 0 aliphatic carbocycles. The third-order valence-corrected chi connectivity index (χ3v) is 2.59. The van der Waals surface area contributed by atoms with Crippen LogP contribution in [-0.2, 0) is 4.74 Å². The van der Waals surface area contributed by atoms with Crippen molar-refractivity contribution in [2.45, 2.75) is 47.1 Å². The predicted octanol–water partition coefficient (Wildman–Crippen LogP) is 2.78. The first-order valence-corrected chi connectivity index (χ1v) is 6.18. The van der Waals surface area contributed by atoms with E-state index in [1.165, 1.54) is 19.5 Å². The summed E-state index contributed by atoms with van der Waals surface area (Å²) < 4.78 is 5.14. The van der Waals surface area contributed by atoms with E-state index in [1.54, 1.807) is 0 Å². The predicted molar refractivity (Wildman–Crippen MR) is 62.7 cm³/mol. The Labute approximate surface area is 89.6 Å². The maximum absolute atomic E-state index is 5.14. The van der Waals surface area contributed by atoms with Crippen LogP contribution in [-0.4, -0.2) is 37.2 Å². The summed E-state index contributed by atoms with van der Waals surface area (Å²) in [5, 5.41) is 0. The first kappa shape index (κ1) is 13.9. The molecule has 0 aromatic rings. The van der Waals surface area contributed by atoms with Crippen molar-refractivity contribution in [3.63, 3.8) is 0 Å². The first-order valence-electron chi connectivity index (χ1n) is 6.18. The van der Waals surface area contributed by atoms with Crippen molar-refractivity contribution in [2.24, 2.45) is 5.92 Å². The highest BCUT2D eigenvalue weighted by Gasteiger charge is 2.30. The number of hydrogen-bond acceptors (Lipinski definition) is 2. The molecule has 0 amide bonds. The highest BCUT2D eigenvalue weighted by atomic mass is 16.5. The van der Waals surface area contributed by atoms with Crippen molar-refractivity contribution < 1.29 is 4.74 Å². The lowest BCUT2D eigenvalue weighted by molar-refractivity contribution is -0.0578. The number of hydrogen-bond donors (Lipinski definition) is 0. The van der Waals surface area contributed by atoms with Gasteiger partial charge in [-0.2, -0.15) is 0 Å². The molecule has 14 heavy (non-hydrogen) atoms. The molecule has 0 saturated carbocycles. The van der Waals surface area contributed by atoms with Crippen LogP contribution in [0, 0.1) is 5.92 Å². The van der Waals surface area contributed by atoms with Gasteiger partial charge in [0.25, 0.3) is 0 Å². The first-order chi connectivity index (χ1) is 6.86. The minimum absolute atomic E-state index is 0.768. The van der Waals surface area contributed by atoms with E-state index in [-0.39, 0.29) is 0 Å². The third-order valence-electron chi connectivity index (χ3n) is 2.59. The third kappa shape index (κ3) is 3.97. The molecule has 0 aromatic carbocycles. The average molecular weight is 201 g/mol. The zero-order chi connectivity index (χ0) is 11.0. The Morgan fingerprint density at radius 2 is 1.64 bits per heavy atom. The minimum atomic E-state index is 0.768. The van der Waals surface area contributed by atoms with E-state index in [1.807, 2.05) is 27.7 Å². The van der Waals surface area contributed by atoms with Crippen LogP contribution in [0.25, 0.3) is 0 Å². The Balaban J connectivity index is 0.000000379. The van der Waals surface area contributed by atoms with Crippen LogP contribution >= 0.6 is 0 Å². The molecule has 0 radical (unpaired) electrons. The fraction of sp³-hybridized carbons (Fsp3) is 1.00. The van der Waals surface area contributed by atoms with Crippen molar-refractivity contribution in [2.75, 3.05) is 26.3 Å². The summed E-state index contributed by atoms with van der Waals surface area (Å²) in [5.41, 5.74) is 0. The van der Waals surface area contributed by atoms with Gasteiger partial charge in [-0.1, -0.05) is 34.6 Å². The lowest BCUT2D eigenvalue weighted by atomic mass is 10.2. The smallest absolute Gasteiger partial charge is 0.0645 e. The summed E-state index contributed by atoms with van der Waals surface area (Å²) in [6.45, 7) is 14.9. The molecule has 2 nitrogen and oxygen atoms in total. The van der Waals surface area contributed by atoms with Crippen LogP contribution < -0.4 is 0 Å². The maximum atomic E-state index is 5.14. The van der Waals surface area contributed by atoms with Crippen LogP contribution in [0.4, 0.5) is 0 Å². The maximum Gasteiger partial charge on any atom is 0.0645 e. The van der Waals surface area contributed by atoms with Crippen molar-refractivity contribution in [3.05, 3.63) is 0 Å². The van der Waals surface area contributed by atoms with Gasteiger partial charge in [0.2, 0.25) is 0 Å². The molecule has 2 saturated heterocycles. The van der Waals surface area contributed by atoms with Gasteiger partial charge >= 0.3 is 0 Å². The molecule has 2 heterocycles. The number of ether oxygens (including phenoxy) is 1. The molecule has 1 atom stereocenters. The molecule has 0 spiro atoms. The van der Waals surface area contributed by atoms with Crippen molar-refractivity contribution in [1.82, 2.24) is 4.90 Å². The minimum Gasteiger partial charge on any atom is -0.378 e. The van der Waals surface area contributed by atoms with Crippen LogP contribution in [0.3, 0.4) is 0 Å². The highest BCUT2D eigenvalue weighted by molar-refractivity contribution is 4.83. The van der Waals surface area contributed by atoms with Gasteiger partial charge in [-0.15, -0.1) is 0 Å². The van der Waals surface area contributed by atoms with E-state index >= 15 is 0 Å². The molecule has 2 heteroatoms. The highest BCUT2D eigenvalue weighted by Crippen LogP contribution is 2.20. The Morgan fingerprint density at radius 3 is 1.93 bits per heavy atom. The van der Waals surface area contributed by atoms with Gasteiger partial charge in [-0.3, -0.25) is 4.90 Å². The van der Waals surface area contributed by atoms with E-state index < -0.39 is 0 Å². The lowest BCUT2D eigenvalue weighted by Crippen LogP contribution is -2.47. The molecule has 2 fully saturated rings. The largest absolute Gasteiger partial charge is 0.378 e. The Morgan fingerprint density at radius 1 is 1.07 bits per heavy atom. The van der Waals surface area contributed by atoms with Crippen LogP contribution in [0.1, 0.15) is 41.0 Å². The molecule has 2 rings (SSSR count). The molecule has 86 valence electrons. The molecule has 2 aliphatic heterocycles. The van der Waals surface area contributed by atoms with Gasteiger partial charge < -0.3 is 4.74 Å². The lowest BCUT2D eigenvalue weighted by Gasteiger charge is -2.34. The summed E-state index contributed by atoms with van der Waals surface area (Å²) in [4.78, 5) is 2.56. The summed E-state index contributed by atoms with van der Waals surface area (Å²) in [6.07, 6.45) is 1.39. The molecule has 0 N–H and O–H groups in total. The van der Waals surface area contributed by atoms with Crippen molar-refractivity contribution in [1.29, 1.82) is 0 Å². The molecule has 2 aliphatic rings. The number of rotatable bonds is 1. The normalized spacial score (nSPS) is 26.8. The van der Waals surface area contributed by atoms with E-state index in [9.17, 15) is 0 Å². The van der Waals surface area contributed by atoms with Crippen LogP contribution in [0.5, 0.6) is 0 Å². The van der Waals surface area contributed by atoms with Crippen LogP contribution in [0.15, 0.2) is 0 Å². The Hall–Kier alpha value is -0.0800. The summed E-state index contributed by atoms with van der Waals surface area (Å²) in [7, 11) is 0. The Bertz CT molecular complexity index is 123. The van der Waals surface area contributed by atoms with Crippen molar-refractivity contribution >= 4 is 0 Å². The molecule has 0 aromatic heterocycles. The second kappa shape index (κ2) is 8.25. The number of likely N-dealkylation sites (tertiary alicyclic amines) is 1.